The fourth-order valence-corrected chi connectivity index (χ4v) is 5.26. The Hall–Kier alpha value is -2.87. The summed E-state index contributed by atoms with van der Waals surface area (Å²) >= 11 is 1.76. The van der Waals surface area contributed by atoms with Gasteiger partial charge < -0.3 is 19.3 Å². The van der Waals surface area contributed by atoms with Crippen molar-refractivity contribution in [1.29, 1.82) is 0 Å². The number of benzene rings is 1. The van der Waals surface area contributed by atoms with Crippen molar-refractivity contribution >= 4 is 33.3 Å². The van der Waals surface area contributed by atoms with E-state index in [1.165, 1.54) is 28.7 Å². The molecule has 1 aliphatic heterocycles. The molecule has 3 aromatic rings. The average molecular weight is 453 g/mol. The number of thiophene rings is 1. The van der Waals surface area contributed by atoms with Gasteiger partial charge in [0, 0.05) is 48.6 Å². The van der Waals surface area contributed by atoms with E-state index in [-0.39, 0.29) is 5.91 Å². The summed E-state index contributed by atoms with van der Waals surface area (Å²) in [7, 11) is 3.18. The molecule has 0 unspecified atom stereocenters. The van der Waals surface area contributed by atoms with Crippen LogP contribution >= 0.6 is 11.3 Å². The number of aryl methyl sites for hydroxylation is 2. The molecular weight excluding hydrogens is 424 g/mol. The average Bonchev–Trinajstić information content (AvgIpc) is 3.64. The first-order valence-corrected chi connectivity index (χ1v) is 11.8. The van der Waals surface area contributed by atoms with E-state index in [0.717, 1.165) is 29.6 Å². The van der Waals surface area contributed by atoms with E-state index >= 15 is 0 Å². The molecule has 168 valence electrons. The number of anilines is 1. The molecule has 2 aromatic heterocycles. The molecule has 0 atom stereocenters. The molecule has 1 saturated carbocycles. The van der Waals surface area contributed by atoms with Crippen molar-refractivity contribution in [3.8, 4) is 11.5 Å². The Morgan fingerprint density at radius 2 is 1.66 bits per heavy atom. The van der Waals surface area contributed by atoms with Crippen molar-refractivity contribution in [3.05, 3.63) is 40.0 Å². The molecule has 32 heavy (non-hydrogen) atoms. The van der Waals surface area contributed by atoms with E-state index in [4.69, 9.17) is 19.4 Å². The molecule has 1 aromatic carbocycles. The summed E-state index contributed by atoms with van der Waals surface area (Å²) in [5.41, 5.74) is 1.85. The van der Waals surface area contributed by atoms with Crippen LogP contribution in [0.1, 0.15) is 45.4 Å². The normalized spacial score (nSPS) is 16.5. The predicted molar refractivity (Wildman–Crippen MR) is 127 cm³/mol. The highest BCUT2D eigenvalue weighted by atomic mass is 32.1. The second-order valence-electron chi connectivity index (χ2n) is 8.52. The summed E-state index contributed by atoms with van der Waals surface area (Å²) in [6.45, 7) is 7.10. The lowest BCUT2D eigenvalue weighted by Crippen LogP contribution is -2.49. The summed E-state index contributed by atoms with van der Waals surface area (Å²) in [5, 5.41) is 1.18. The number of hydrogen-bond donors (Lipinski definition) is 0. The van der Waals surface area contributed by atoms with E-state index in [9.17, 15) is 4.79 Å². The van der Waals surface area contributed by atoms with Gasteiger partial charge in [-0.1, -0.05) is 0 Å². The van der Waals surface area contributed by atoms with Crippen LogP contribution in [0.2, 0.25) is 0 Å². The maximum atomic E-state index is 13.2. The number of piperazine rings is 1. The van der Waals surface area contributed by atoms with Crippen LogP contribution in [0.4, 0.5) is 5.82 Å². The summed E-state index contributed by atoms with van der Waals surface area (Å²) in [5.74, 6) is 3.75. The molecule has 1 amide bonds. The van der Waals surface area contributed by atoms with Gasteiger partial charge in [-0.3, -0.25) is 4.79 Å². The Morgan fingerprint density at radius 3 is 2.25 bits per heavy atom. The number of fused-ring (bicyclic) bond motifs is 1. The lowest BCUT2D eigenvalue weighted by molar-refractivity contribution is 0.0746. The predicted octanol–water partition coefficient (Wildman–Crippen LogP) is 4.17. The minimum atomic E-state index is -0.00378. The lowest BCUT2D eigenvalue weighted by Gasteiger charge is -2.36. The van der Waals surface area contributed by atoms with Gasteiger partial charge in [0.1, 0.15) is 28.0 Å². The highest BCUT2D eigenvalue weighted by molar-refractivity contribution is 7.18. The quantitative estimate of drug-likeness (QED) is 0.579. The molecule has 5 rings (SSSR count). The number of aromatic nitrogens is 2. The molecule has 8 heteroatoms. The Labute approximate surface area is 192 Å². The van der Waals surface area contributed by atoms with E-state index in [0.29, 0.717) is 36.1 Å². The topological polar surface area (TPSA) is 67.8 Å². The highest BCUT2D eigenvalue weighted by Crippen LogP contribution is 2.42. The number of ether oxygens (including phenoxy) is 2. The molecule has 3 heterocycles. The number of amides is 1. The Bertz CT molecular complexity index is 1160. The van der Waals surface area contributed by atoms with Crippen molar-refractivity contribution < 1.29 is 14.3 Å². The van der Waals surface area contributed by atoms with E-state index in [2.05, 4.69) is 18.7 Å². The first kappa shape index (κ1) is 21.0. The monoisotopic (exact) mass is 452 g/mol. The minimum absolute atomic E-state index is 0.00378. The zero-order valence-electron chi connectivity index (χ0n) is 19.0. The number of rotatable bonds is 5. The maximum Gasteiger partial charge on any atom is 0.254 e. The molecular formula is C24H28N4O3S. The van der Waals surface area contributed by atoms with E-state index in [1.807, 2.05) is 4.90 Å². The summed E-state index contributed by atoms with van der Waals surface area (Å²) in [6.07, 6.45) is 2.36. The molecule has 1 saturated heterocycles. The molecule has 7 nitrogen and oxygen atoms in total. The zero-order chi connectivity index (χ0) is 22.4. The number of carbonyl (C=O) groups is 1. The van der Waals surface area contributed by atoms with Gasteiger partial charge >= 0.3 is 0 Å². The smallest absolute Gasteiger partial charge is 0.254 e. The molecule has 1 aliphatic carbocycles. The molecule has 0 N–H and O–H groups in total. The van der Waals surface area contributed by atoms with Crippen molar-refractivity contribution in [1.82, 2.24) is 14.9 Å². The van der Waals surface area contributed by atoms with Gasteiger partial charge in [0.25, 0.3) is 5.91 Å². The number of carbonyl (C=O) groups excluding carboxylic acids is 1. The number of nitrogens with zero attached hydrogens (tertiary/aromatic N) is 4. The molecule has 2 aliphatic rings. The van der Waals surface area contributed by atoms with Crippen LogP contribution in [0, 0.1) is 13.8 Å². The third-order valence-corrected chi connectivity index (χ3v) is 7.54. The van der Waals surface area contributed by atoms with Gasteiger partial charge in [-0.25, -0.2) is 9.97 Å². The van der Waals surface area contributed by atoms with Crippen LogP contribution < -0.4 is 14.4 Å². The van der Waals surface area contributed by atoms with Gasteiger partial charge in [-0.15, -0.1) is 11.3 Å². The van der Waals surface area contributed by atoms with Gasteiger partial charge in [0.15, 0.2) is 0 Å². The minimum Gasteiger partial charge on any atom is -0.497 e. The van der Waals surface area contributed by atoms with E-state index in [1.54, 1.807) is 43.8 Å². The van der Waals surface area contributed by atoms with Crippen molar-refractivity contribution in [3.63, 3.8) is 0 Å². The number of methoxy groups -OCH3 is 2. The molecule has 0 radical (unpaired) electrons. The number of hydrogen-bond acceptors (Lipinski definition) is 7. The third-order valence-electron chi connectivity index (χ3n) is 6.43. The maximum absolute atomic E-state index is 13.2. The van der Waals surface area contributed by atoms with Crippen molar-refractivity contribution in [2.24, 2.45) is 0 Å². The first-order valence-electron chi connectivity index (χ1n) is 11.0. The Kier molecular flexibility index (Phi) is 5.41. The van der Waals surface area contributed by atoms with Gasteiger partial charge in [-0.2, -0.15) is 0 Å². The summed E-state index contributed by atoms with van der Waals surface area (Å²) in [6, 6.07) is 5.31. The summed E-state index contributed by atoms with van der Waals surface area (Å²) < 4.78 is 10.7. The second-order valence-corrected chi connectivity index (χ2v) is 9.73. The van der Waals surface area contributed by atoms with Crippen LogP contribution in [0.5, 0.6) is 11.5 Å². The Morgan fingerprint density at radius 1 is 1.00 bits per heavy atom. The van der Waals surface area contributed by atoms with Crippen molar-refractivity contribution in [2.45, 2.75) is 32.6 Å². The molecule has 0 spiro atoms. The fourth-order valence-electron chi connectivity index (χ4n) is 4.23. The van der Waals surface area contributed by atoms with Crippen LogP contribution in [-0.4, -0.2) is 61.2 Å². The standard InChI is InChI=1S/C24H28N4O3S/c1-14-15(2)32-23-20(14)22(25-21(26-23)16-5-6-16)27-7-9-28(10-8-27)24(29)17-11-18(30-3)13-19(12-17)31-4/h11-13,16H,5-10H2,1-4H3. The van der Waals surface area contributed by atoms with Crippen molar-refractivity contribution in [2.75, 3.05) is 45.3 Å². The second kappa shape index (κ2) is 8.24. The van der Waals surface area contributed by atoms with Gasteiger partial charge in [0.05, 0.1) is 19.6 Å². The molecule has 0 bridgehead atoms. The fraction of sp³-hybridized carbons (Fsp3) is 0.458. The van der Waals surface area contributed by atoms with Crippen LogP contribution in [0.15, 0.2) is 18.2 Å². The van der Waals surface area contributed by atoms with Crippen LogP contribution in [0.25, 0.3) is 10.2 Å². The van der Waals surface area contributed by atoms with Gasteiger partial charge in [-0.05, 0) is 44.4 Å². The highest BCUT2D eigenvalue weighted by Gasteiger charge is 2.31. The summed E-state index contributed by atoms with van der Waals surface area (Å²) in [4.78, 5) is 29.7. The van der Waals surface area contributed by atoms with E-state index < -0.39 is 0 Å². The van der Waals surface area contributed by atoms with Crippen LogP contribution in [0.3, 0.4) is 0 Å². The molecule has 2 fully saturated rings. The third kappa shape index (κ3) is 3.77. The first-order chi connectivity index (χ1) is 15.5. The largest absolute Gasteiger partial charge is 0.497 e. The Balaban J connectivity index is 1.38. The van der Waals surface area contributed by atoms with Gasteiger partial charge in [0.2, 0.25) is 0 Å². The van der Waals surface area contributed by atoms with Crippen LogP contribution in [-0.2, 0) is 0 Å². The zero-order valence-corrected chi connectivity index (χ0v) is 19.8. The SMILES string of the molecule is COc1cc(OC)cc(C(=O)N2CCN(c3nc(C4CC4)nc4sc(C)c(C)c34)CC2)c1. The lowest BCUT2D eigenvalue weighted by atomic mass is 10.1.